The Bertz CT molecular complexity index is 1190. The second-order valence-corrected chi connectivity index (χ2v) is 8.84. The molecular formula is C17H14BrCl2N7S. The molecule has 0 N–H and O–H groups in total. The van der Waals surface area contributed by atoms with Crippen LogP contribution in [0.3, 0.4) is 0 Å². The lowest BCUT2D eigenvalue weighted by Crippen LogP contribution is -2.05. The number of benzene rings is 1. The minimum Gasteiger partial charge on any atom is -0.299 e. The first-order valence-electron chi connectivity index (χ1n) is 8.28. The van der Waals surface area contributed by atoms with Gasteiger partial charge in [0.15, 0.2) is 16.6 Å². The molecule has 0 aliphatic heterocycles. The highest BCUT2D eigenvalue weighted by atomic mass is 79.9. The number of hydrogen-bond acceptors (Lipinski definition) is 6. The van der Waals surface area contributed by atoms with E-state index in [1.807, 2.05) is 17.7 Å². The lowest BCUT2D eigenvalue weighted by molar-refractivity contribution is 0.555. The second-order valence-electron chi connectivity index (χ2n) is 6.29. The van der Waals surface area contributed by atoms with Crippen molar-refractivity contribution in [3.63, 3.8) is 0 Å². The molecule has 4 rings (SSSR count). The normalized spacial score (nSPS) is 11.7. The summed E-state index contributed by atoms with van der Waals surface area (Å²) < 4.78 is 4.42. The first kappa shape index (κ1) is 19.6. The van der Waals surface area contributed by atoms with Crippen molar-refractivity contribution in [2.45, 2.75) is 30.1 Å². The van der Waals surface area contributed by atoms with Gasteiger partial charge in [0, 0.05) is 23.7 Å². The average molecular weight is 499 g/mol. The molecule has 11 heteroatoms. The van der Waals surface area contributed by atoms with E-state index in [0.717, 1.165) is 21.6 Å². The van der Waals surface area contributed by atoms with Crippen molar-refractivity contribution in [1.82, 2.24) is 34.5 Å². The van der Waals surface area contributed by atoms with Crippen LogP contribution in [0.25, 0.3) is 22.4 Å². The molecule has 4 aromatic rings. The van der Waals surface area contributed by atoms with Gasteiger partial charge >= 0.3 is 0 Å². The zero-order chi connectivity index (χ0) is 20.0. The minimum absolute atomic E-state index is 0.105. The topological polar surface area (TPSA) is 74.3 Å². The van der Waals surface area contributed by atoms with E-state index in [2.05, 4.69) is 55.0 Å². The molecule has 7 nitrogen and oxygen atoms in total. The summed E-state index contributed by atoms with van der Waals surface area (Å²) in [5, 5.41) is 16.5. The van der Waals surface area contributed by atoms with Crippen LogP contribution in [0.1, 0.15) is 19.9 Å². The number of halogens is 3. The monoisotopic (exact) mass is 497 g/mol. The Morgan fingerprint density at radius 3 is 2.64 bits per heavy atom. The predicted octanol–water partition coefficient (Wildman–Crippen LogP) is 5.42. The molecule has 0 saturated heterocycles. The van der Waals surface area contributed by atoms with E-state index in [1.165, 1.54) is 18.1 Å². The summed E-state index contributed by atoms with van der Waals surface area (Å²) in [6.07, 6.45) is 1.52. The number of aromatic nitrogens is 7. The van der Waals surface area contributed by atoms with Crippen LogP contribution < -0.4 is 0 Å². The molecule has 0 atom stereocenters. The summed E-state index contributed by atoms with van der Waals surface area (Å²) in [6, 6.07) is 5.44. The standard InChI is InChI=1S/C17H14BrCl2N7S/c1-8(2)27-14(10-5-4-9(19)6-11(10)20)23-24-17(27)28-16-12-13(18)25-26(3)15(12)21-7-22-16/h4-8H,1-3H3. The third-order valence-electron chi connectivity index (χ3n) is 4.08. The summed E-state index contributed by atoms with van der Waals surface area (Å²) in [4.78, 5) is 8.74. The fourth-order valence-electron chi connectivity index (χ4n) is 2.85. The summed E-state index contributed by atoms with van der Waals surface area (Å²) in [5.41, 5.74) is 1.51. The van der Waals surface area contributed by atoms with Crippen molar-refractivity contribution in [3.05, 3.63) is 39.2 Å². The number of aryl methyl sites for hydroxylation is 1. The molecule has 3 heterocycles. The molecule has 0 spiro atoms. The Hall–Kier alpha value is -1.68. The molecule has 0 bridgehead atoms. The molecule has 0 aliphatic carbocycles. The lowest BCUT2D eigenvalue weighted by atomic mass is 10.2. The van der Waals surface area contributed by atoms with Crippen molar-refractivity contribution in [2.75, 3.05) is 0 Å². The van der Waals surface area contributed by atoms with Gasteiger partial charge in [-0.05, 0) is 59.7 Å². The highest BCUT2D eigenvalue weighted by molar-refractivity contribution is 9.10. The molecule has 3 aromatic heterocycles. The Morgan fingerprint density at radius 2 is 1.93 bits per heavy atom. The van der Waals surface area contributed by atoms with Crippen LogP contribution in [0, 0.1) is 0 Å². The Balaban J connectivity index is 1.83. The fourth-order valence-corrected chi connectivity index (χ4v) is 5.11. The zero-order valence-electron chi connectivity index (χ0n) is 15.1. The first-order chi connectivity index (χ1) is 13.4. The van der Waals surface area contributed by atoms with Gasteiger partial charge in [0.2, 0.25) is 0 Å². The van der Waals surface area contributed by atoms with E-state index < -0.39 is 0 Å². The maximum absolute atomic E-state index is 6.40. The van der Waals surface area contributed by atoms with Gasteiger partial charge in [0.05, 0.1) is 10.4 Å². The van der Waals surface area contributed by atoms with Crippen LogP contribution in [0.2, 0.25) is 10.0 Å². The Labute approximate surface area is 183 Å². The van der Waals surface area contributed by atoms with Crippen molar-refractivity contribution < 1.29 is 0 Å². The number of hydrogen-bond donors (Lipinski definition) is 0. The van der Waals surface area contributed by atoms with E-state index in [4.69, 9.17) is 23.2 Å². The van der Waals surface area contributed by atoms with Gasteiger partial charge in [-0.3, -0.25) is 4.57 Å². The van der Waals surface area contributed by atoms with Gasteiger partial charge in [0.25, 0.3) is 0 Å². The molecule has 0 saturated carbocycles. The average Bonchev–Trinajstić information content (AvgIpc) is 3.17. The molecule has 28 heavy (non-hydrogen) atoms. The SMILES string of the molecule is CC(C)n1c(Sc2ncnc3c2c(Br)nn3C)nnc1-c1ccc(Cl)cc1Cl. The molecule has 0 radical (unpaired) electrons. The summed E-state index contributed by atoms with van der Waals surface area (Å²) in [5.74, 6) is 0.676. The van der Waals surface area contributed by atoms with Crippen LogP contribution >= 0.6 is 50.9 Å². The van der Waals surface area contributed by atoms with Crippen molar-refractivity contribution in [2.24, 2.45) is 7.05 Å². The molecule has 0 fully saturated rings. The lowest BCUT2D eigenvalue weighted by Gasteiger charge is -2.14. The van der Waals surface area contributed by atoms with Crippen LogP contribution in [0.4, 0.5) is 0 Å². The van der Waals surface area contributed by atoms with E-state index in [0.29, 0.717) is 25.6 Å². The van der Waals surface area contributed by atoms with Gasteiger partial charge < -0.3 is 0 Å². The molecule has 0 amide bonds. The van der Waals surface area contributed by atoms with Crippen molar-refractivity contribution >= 4 is 61.9 Å². The van der Waals surface area contributed by atoms with Gasteiger partial charge in [0.1, 0.15) is 16.0 Å². The largest absolute Gasteiger partial charge is 0.299 e. The second kappa shape index (κ2) is 7.62. The zero-order valence-corrected chi connectivity index (χ0v) is 19.0. The van der Waals surface area contributed by atoms with Gasteiger partial charge in [-0.15, -0.1) is 10.2 Å². The van der Waals surface area contributed by atoms with Crippen LogP contribution in [0.5, 0.6) is 0 Å². The summed E-state index contributed by atoms with van der Waals surface area (Å²) in [7, 11) is 1.84. The third kappa shape index (κ3) is 3.41. The predicted molar refractivity (Wildman–Crippen MR) is 114 cm³/mol. The van der Waals surface area contributed by atoms with E-state index in [1.54, 1.807) is 16.8 Å². The van der Waals surface area contributed by atoms with Crippen molar-refractivity contribution in [1.29, 1.82) is 0 Å². The third-order valence-corrected chi connectivity index (χ3v) is 6.15. The maximum atomic E-state index is 6.40. The van der Waals surface area contributed by atoms with Gasteiger partial charge in [-0.25, -0.2) is 14.6 Å². The Kier molecular flexibility index (Phi) is 5.34. The summed E-state index contributed by atoms with van der Waals surface area (Å²) >= 11 is 17.3. The molecular weight excluding hydrogens is 485 g/mol. The number of rotatable bonds is 4. The Morgan fingerprint density at radius 1 is 1.14 bits per heavy atom. The smallest absolute Gasteiger partial charge is 0.198 e. The van der Waals surface area contributed by atoms with Crippen molar-refractivity contribution in [3.8, 4) is 11.4 Å². The van der Waals surface area contributed by atoms with Gasteiger partial charge in [-0.2, -0.15) is 5.10 Å². The molecule has 144 valence electrons. The van der Waals surface area contributed by atoms with Crippen LogP contribution in [0.15, 0.2) is 39.3 Å². The van der Waals surface area contributed by atoms with Crippen LogP contribution in [-0.4, -0.2) is 34.5 Å². The maximum Gasteiger partial charge on any atom is 0.198 e. The minimum atomic E-state index is 0.105. The molecule has 1 aromatic carbocycles. The number of fused-ring (bicyclic) bond motifs is 1. The van der Waals surface area contributed by atoms with E-state index in [9.17, 15) is 0 Å². The highest BCUT2D eigenvalue weighted by Crippen LogP contribution is 2.38. The quantitative estimate of drug-likeness (QED) is 0.349. The number of nitrogens with zero attached hydrogens (tertiary/aromatic N) is 7. The molecule has 0 aliphatic rings. The fraction of sp³-hybridized carbons (Fsp3) is 0.235. The first-order valence-corrected chi connectivity index (χ1v) is 10.6. The van der Waals surface area contributed by atoms with Crippen LogP contribution in [-0.2, 0) is 7.05 Å². The van der Waals surface area contributed by atoms with E-state index in [-0.39, 0.29) is 6.04 Å². The molecule has 0 unspecified atom stereocenters. The van der Waals surface area contributed by atoms with Gasteiger partial charge in [-0.1, -0.05) is 23.2 Å². The van der Waals surface area contributed by atoms with E-state index >= 15 is 0 Å². The summed E-state index contributed by atoms with van der Waals surface area (Å²) in [6.45, 7) is 4.13. The highest BCUT2D eigenvalue weighted by Gasteiger charge is 2.22.